The fourth-order valence-electron chi connectivity index (χ4n) is 0.878. The maximum absolute atomic E-state index is 4.27. The molecule has 0 aliphatic carbocycles. The van der Waals surface area contributed by atoms with Crippen molar-refractivity contribution < 1.29 is 0 Å². The monoisotopic (exact) mass is 240 g/mol. The van der Waals surface area contributed by atoms with Crippen molar-refractivity contribution >= 4 is 21.7 Å². The summed E-state index contributed by atoms with van der Waals surface area (Å²) in [6.07, 6.45) is 1.79. The number of fused-ring (bicyclic) bond motifs is 1. The Labute approximate surface area is 104 Å². The highest BCUT2D eigenvalue weighted by Gasteiger charge is 1.97. The van der Waals surface area contributed by atoms with Crippen LogP contribution in [0.5, 0.6) is 0 Å². The van der Waals surface area contributed by atoms with Gasteiger partial charge in [0.15, 0.2) is 0 Å². The molecule has 0 fully saturated rings. The molecule has 0 atom stereocenters. The average Bonchev–Trinajstić information content (AvgIpc) is 2.76. The number of thiazole rings is 1. The first kappa shape index (κ1) is 17.4. The van der Waals surface area contributed by atoms with Crippen LogP contribution in [0.3, 0.4) is 0 Å². The van der Waals surface area contributed by atoms with Crippen LogP contribution in [-0.4, -0.2) is 9.97 Å². The Morgan fingerprint density at radius 3 is 2.06 bits per heavy atom. The van der Waals surface area contributed by atoms with E-state index in [-0.39, 0.29) is 0 Å². The van der Waals surface area contributed by atoms with E-state index in [1.807, 2.05) is 60.6 Å². The molecule has 16 heavy (non-hydrogen) atoms. The second kappa shape index (κ2) is 12.1. The summed E-state index contributed by atoms with van der Waals surface area (Å²) in [4.78, 5) is 9.46. The third-order valence-corrected chi connectivity index (χ3v) is 2.17. The maximum atomic E-state index is 4.27. The van der Waals surface area contributed by atoms with Gasteiger partial charge in [-0.2, -0.15) is 0 Å². The largest absolute Gasteiger partial charge is 0.244 e. The summed E-state index contributed by atoms with van der Waals surface area (Å²) >= 11 is 1.63. The molecule has 0 bridgehead atoms. The van der Waals surface area contributed by atoms with Crippen molar-refractivity contribution in [2.45, 2.75) is 48.5 Å². The fraction of sp³-hybridized carbons (Fsp3) is 0.538. The smallest absolute Gasteiger partial charge is 0.143 e. The van der Waals surface area contributed by atoms with Crippen molar-refractivity contribution in [1.82, 2.24) is 9.97 Å². The van der Waals surface area contributed by atoms with Crippen LogP contribution in [0.2, 0.25) is 0 Å². The second-order valence-electron chi connectivity index (χ2n) is 2.06. The molecule has 2 aromatic heterocycles. The van der Waals surface area contributed by atoms with Crippen LogP contribution < -0.4 is 0 Å². The summed E-state index contributed by atoms with van der Waals surface area (Å²) in [6.45, 7) is 14.0. The highest BCUT2D eigenvalue weighted by Crippen LogP contribution is 2.17. The van der Waals surface area contributed by atoms with Gasteiger partial charge in [-0.3, -0.25) is 0 Å². The normalized spacial score (nSPS) is 7.69. The lowest BCUT2D eigenvalue weighted by atomic mass is 10.5. The Morgan fingerprint density at radius 2 is 1.56 bits per heavy atom. The van der Waals surface area contributed by atoms with Gasteiger partial charge in [0.2, 0.25) is 0 Å². The first-order chi connectivity index (χ1) is 7.86. The molecule has 2 rings (SSSR count). The Morgan fingerprint density at radius 1 is 1.00 bits per heavy atom. The van der Waals surface area contributed by atoms with E-state index in [0.717, 1.165) is 15.4 Å². The Hall–Kier alpha value is -0.960. The van der Waals surface area contributed by atoms with Gasteiger partial charge < -0.3 is 0 Å². The molecule has 0 saturated carbocycles. The van der Waals surface area contributed by atoms with Gasteiger partial charge in [-0.1, -0.05) is 52.9 Å². The van der Waals surface area contributed by atoms with Crippen LogP contribution in [0.4, 0.5) is 0 Å². The molecule has 0 unspecified atom stereocenters. The van der Waals surface area contributed by atoms with Gasteiger partial charge in [0.1, 0.15) is 10.3 Å². The van der Waals surface area contributed by atoms with Crippen molar-refractivity contribution in [3.8, 4) is 0 Å². The topological polar surface area (TPSA) is 25.8 Å². The molecule has 2 nitrogen and oxygen atoms in total. The summed E-state index contributed by atoms with van der Waals surface area (Å²) in [6, 6.07) is 3.88. The summed E-state index contributed by atoms with van der Waals surface area (Å²) in [5.74, 6) is 0. The summed E-state index contributed by atoms with van der Waals surface area (Å²) in [5.41, 5.74) is 1.00. The Balaban J connectivity index is 0. The molecule has 0 aliphatic rings. The van der Waals surface area contributed by atoms with Gasteiger partial charge in [-0.15, -0.1) is 0 Å². The second-order valence-corrected chi connectivity index (χ2v) is 3.24. The fourth-order valence-corrected chi connectivity index (χ4v) is 1.63. The Kier molecular flexibility index (Phi) is 13.2. The average molecular weight is 240 g/mol. The van der Waals surface area contributed by atoms with Gasteiger partial charge in [-0.25, -0.2) is 9.97 Å². The first-order valence-corrected chi connectivity index (χ1v) is 6.86. The molecule has 92 valence electrons. The summed E-state index contributed by atoms with van der Waals surface area (Å²) < 4.78 is 0. The number of aromatic nitrogens is 2. The highest BCUT2D eigenvalue weighted by atomic mass is 32.1. The van der Waals surface area contributed by atoms with Crippen LogP contribution in [0.15, 0.2) is 18.3 Å². The van der Waals surface area contributed by atoms with Crippen LogP contribution in [0.1, 0.15) is 46.6 Å². The van der Waals surface area contributed by atoms with Gasteiger partial charge in [0, 0.05) is 6.20 Å². The molecular formula is C13H24N2S. The number of hydrogen-bond acceptors (Lipinski definition) is 3. The molecule has 0 N–H and O–H groups in total. The number of aryl methyl sites for hydroxylation is 1. The molecule has 0 amide bonds. The molecule has 2 aromatic rings. The van der Waals surface area contributed by atoms with Gasteiger partial charge in [0.05, 0.1) is 5.01 Å². The third-order valence-electron chi connectivity index (χ3n) is 1.27. The SMILES string of the molecule is CC.CC.CC.Cc1nc2cccnc2s1. The van der Waals surface area contributed by atoms with Crippen LogP contribution >= 0.6 is 11.3 Å². The minimum absolute atomic E-state index is 1.00. The quantitative estimate of drug-likeness (QED) is 0.642. The van der Waals surface area contributed by atoms with E-state index in [1.165, 1.54) is 0 Å². The summed E-state index contributed by atoms with van der Waals surface area (Å²) in [5, 5.41) is 1.08. The minimum Gasteiger partial charge on any atom is -0.244 e. The number of pyridine rings is 1. The first-order valence-electron chi connectivity index (χ1n) is 6.04. The van der Waals surface area contributed by atoms with Crippen molar-refractivity contribution in [3.63, 3.8) is 0 Å². The van der Waals surface area contributed by atoms with Crippen molar-refractivity contribution in [1.29, 1.82) is 0 Å². The zero-order chi connectivity index (χ0) is 13.0. The van der Waals surface area contributed by atoms with E-state index in [4.69, 9.17) is 0 Å². The predicted octanol–water partition coefficient (Wildman–Crippen LogP) is 5.08. The zero-order valence-corrected chi connectivity index (χ0v) is 12.4. The van der Waals surface area contributed by atoms with Gasteiger partial charge >= 0.3 is 0 Å². The highest BCUT2D eigenvalue weighted by molar-refractivity contribution is 7.18. The van der Waals surface area contributed by atoms with Crippen molar-refractivity contribution in [2.24, 2.45) is 0 Å². The Bertz CT molecular complexity index is 322. The molecule has 0 aromatic carbocycles. The number of nitrogens with zero attached hydrogens (tertiary/aromatic N) is 2. The van der Waals surface area contributed by atoms with Crippen molar-refractivity contribution in [3.05, 3.63) is 23.3 Å². The lowest BCUT2D eigenvalue weighted by Crippen LogP contribution is -1.69. The lowest BCUT2D eigenvalue weighted by molar-refractivity contribution is 1.33. The molecular weight excluding hydrogens is 216 g/mol. The maximum Gasteiger partial charge on any atom is 0.143 e. The van der Waals surface area contributed by atoms with E-state index in [0.29, 0.717) is 0 Å². The van der Waals surface area contributed by atoms with E-state index in [9.17, 15) is 0 Å². The molecule has 0 aliphatic heterocycles. The lowest BCUT2D eigenvalue weighted by Gasteiger charge is -1.80. The van der Waals surface area contributed by atoms with Crippen molar-refractivity contribution in [2.75, 3.05) is 0 Å². The van der Waals surface area contributed by atoms with Crippen LogP contribution in [0, 0.1) is 6.92 Å². The molecule has 2 heterocycles. The molecule has 0 radical (unpaired) electrons. The van der Waals surface area contributed by atoms with Crippen LogP contribution in [0.25, 0.3) is 10.3 Å². The molecule has 3 heteroatoms. The van der Waals surface area contributed by atoms with E-state index in [2.05, 4.69) is 9.97 Å². The number of hydrogen-bond donors (Lipinski definition) is 0. The van der Waals surface area contributed by atoms with Gasteiger partial charge in [-0.05, 0) is 19.1 Å². The molecule has 0 spiro atoms. The van der Waals surface area contributed by atoms with Crippen LogP contribution in [-0.2, 0) is 0 Å². The number of rotatable bonds is 0. The van der Waals surface area contributed by atoms with E-state index in [1.54, 1.807) is 17.5 Å². The zero-order valence-electron chi connectivity index (χ0n) is 11.5. The third kappa shape index (κ3) is 5.81. The molecule has 0 saturated heterocycles. The standard InChI is InChI=1S/C7H6N2S.3C2H6/c1-5-9-6-3-2-4-8-7(6)10-5;3*1-2/h2-4H,1H3;3*1-2H3. The van der Waals surface area contributed by atoms with E-state index >= 15 is 0 Å². The predicted molar refractivity (Wildman–Crippen MR) is 76.2 cm³/mol. The minimum atomic E-state index is 1.00. The summed E-state index contributed by atoms with van der Waals surface area (Å²) in [7, 11) is 0. The van der Waals surface area contributed by atoms with Gasteiger partial charge in [0.25, 0.3) is 0 Å². The van der Waals surface area contributed by atoms with E-state index < -0.39 is 0 Å².